The Bertz CT molecular complexity index is 1150. The molecule has 0 aromatic rings. The maximum Gasteiger partial charge on any atom is 0.472 e. The number of esters is 2. The lowest BCUT2D eigenvalue weighted by Gasteiger charge is -2.20. The van der Waals surface area contributed by atoms with E-state index in [1.54, 1.807) is 6.08 Å². The van der Waals surface area contributed by atoms with E-state index in [1.807, 2.05) is 42.5 Å². The summed E-state index contributed by atoms with van der Waals surface area (Å²) in [5.74, 6) is -1.05. The highest BCUT2D eigenvalue weighted by Gasteiger charge is 2.27. The summed E-state index contributed by atoms with van der Waals surface area (Å²) in [6.45, 7) is 2.05. The molecule has 0 aliphatic rings. The zero-order valence-electron chi connectivity index (χ0n) is 33.0. The molecule has 0 aromatic carbocycles. The van der Waals surface area contributed by atoms with Crippen molar-refractivity contribution in [3.63, 3.8) is 0 Å². The second-order valence-electron chi connectivity index (χ2n) is 13.1. The molecule has 0 saturated carbocycles. The van der Waals surface area contributed by atoms with E-state index in [1.165, 1.54) is 25.7 Å². The molecule has 0 saturated heterocycles. The third kappa shape index (κ3) is 36.4. The first-order valence-electron chi connectivity index (χ1n) is 20.0. The summed E-state index contributed by atoms with van der Waals surface area (Å²) in [5.41, 5.74) is 0. The molecular formula is C42H71O11P. The number of ether oxygens (including phenoxy) is 2. The first kappa shape index (κ1) is 51.4. The summed E-state index contributed by atoms with van der Waals surface area (Å²) in [6, 6.07) is 0. The molecule has 4 atom stereocenters. The quantitative estimate of drug-likeness (QED) is 0.0157. The normalized spacial score (nSPS) is 15.3. The number of allylic oxidation sites excluding steroid dienone is 10. The molecule has 12 heteroatoms. The van der Waals surface area contributed by atoms with Crippen LogP contribution in [0.5, 0.6) is 0 Å². The molecule has 0 bridgehead atoms. The highest BCUT2D eigenvalue weighted by Crippen LogP contribution is 2.43. The fourth-order valence-corrected chi connectivity index (χ4v) is 5.60. The van der Waals surface area contributed by atoms with Crippen LogP contribution in [0, 0.1) is 0 Å². The van der Waals surface area contributed by atoms with Gasteiger partial charge in [-0.15, -0.1) is 0 Å². The summed E-state index contributed by atoms with van der Waals surface area (Å²) >= 11 is 0. The van der Waals surface area contributed by atoms with Gasteiger partial charge in [0.1, 0.15) is 12.7 Å². The van der Waals surface area contributed by atoms with E-state index in [-0.39, 0.29) is 19.4 Å². The molecule has 0 aromatic heterocycles. The van der Waals surface area contributed by atoms with Crippen molar-refractivity contribution in [2.75, 3.05) is 26.4 Å². The van der Waals surface area contributed by atoms with Crippen LogP contribution in [-0.2, 0) is 32.7 Å². The Balaban J connectivity index is 4.53. The van der Waals surface area contributed by atoms with Crippen molar-refractivity contribution >= 4 is 19.8 Å². The molecule has 0 radical (unpaired) electrons. The maximum atomic E-state index is 12.6. The molecule has 0 rings (SSSR count). The highest BCUT2D eigenvalue weighted by molar-refractivity contribution is 7.47. The van der Waals surface area contributed by atoms with Gasteiger partial charge in [0.25, 0.3) is 0 Å². The van der Waals surface area contributed by atoms with E-state index in [0.717, 1.165) is 51.4 Å². The number of carbonyl (C=O) groups is 2. The summed E-state index contributed by atoms with van der Waals surface area (Å²) in [6.07, 6.45) is 37.6. The predicted molar refractivity (Wildman–Crippen MR) is 216 cm³/mol. The van der Waals surface area contributed by atoms with Gasteiger partial charge < -0.3 is 29.7 Å². The molecular weight excluding hydrogens is 711 g/mol. The van der Waals surface area contributed by atoms with Crippen molar-refractivity contribution in [2.24, 2.45) is 0 Å². The van der Waals surface area contributed by atoms with E-state index in [2.05, 4.69) is 42.7 Å². The molecule has 310 valence electrons. The van der Waals surface area contributed by atoms with Gasteiger partial charge >= 0.3 is 19.8 Å². The minimum Gasteiger partial charge on any atom is -0.462 e. The van der Waals surface area contributed by atoms with Crippen LogP contribution in [0.3, 0.4) is 0 Å². The Kier molecular flexibility index (Phi) is 35.5. The number of hydrogen-bond acceptors (Lipinski definition) is 10. The van der Waals surface area contributed by atoms with Crippen LogP contribution in [0.4, 0.5) is 0 Å². The average Bonchev–Trinajstić information content (AvgIpc) is 3.15. The maximum absolute atomic E-state index is 12.6. The number of hydrogen-bond donors (Lipinski definition) is 4. The summed E-state index contributed by atoms with van der Waals surface area (Å²) in [4.78, 5) is 34.9. The van der Waals surface area contributed by atoms with Gasteiger partial charge in [-0.05, 0) is 70.6 Å². The van der Waals surface area contributed by atoms with Crippen molar-refractivity contribution in [1.29, 1.82) is 0 Å². The molecule has 0 spiro atoms. The molecule has 54 heavy (non-hydrogen) atoms. The minimum atomic E-state index is -4.65. The van der Waals surface area contributed by atoms with E-state index in [4.69, 9.17) is 19.1 Å². The van der Waals surface area contributed by atoms with E-state index < -0.39 is 57.9 Å². The van der Waals surface area contributed by atoms with Crippen LogP contribution < -0.4 is 0 Å². The third-order valence-electron chi connectivity index (χ3n) is 7.93. The second kappa shape index (κ2) is 37.3. The first-order valence-corrected chi connectivity index (χ1v) is 21.5. The van der Waals surface area contributed by atoms with E-state index in [9.17, 15) is 29.3 Å². The SMILES string of the molecule is CC/C=C\C/C=C\CC(O)/C=C/C=C\C/C=C\CCCC(=O)OC[C@H](COP(=O)(O)OC[C@@H](O)CO)OC(=O)CCCCCCC/C=C\CCCCCC. The smallest absolute Gasteiger partial charge is 0.462 e. The van der Waals surface area contributed by atoms with Gasteiger partial charge in [-0.2, -0.15) is 0 Å². The highest BCUT2D eigenvalue weighted by atomic mass is 31.2. The van der Waals surface area contributed by atoms with Crippen molar-refractivity contribution in [1.82, 2.24) is 0 Å². The Morgan fingerprint density at radius 3 is 1.96 bits per heavy atom. The second-order valence-corrected chi connectivity index (χ2v) is 14.6. The lowest BCUT2D eigenvalue weighted by atomic mass is 10.1. The Hall–Kier alpha value is -2.63. The Labute approximate surface area is 325 Å². The first-order chi connectivity index (χ1) is 26.1. The Morgan fingerprint density at radius 1 is 0.648 bits per heavy atom. The summed E-state index contributed by atoms with van der Waals surface area (Å²) in [5, 5.41) is 28.3. The van der Waals surface area contributed by atoms with Gasteiger partial charge in [0.05, 0.1) is 25.9 Å². The molecule has 2 unspecified atom stereocenters. The van der Waals surface area contributed by atoms with Gasteiger partial charge in [-0.1, -0.05) is 125 Å². The van der Waals surface area contributed by atoms with Crippen molar-refractivity contribution in [2.45, 2.75) is 154 Å². The number of aliphatic hydroxyl groups is 3. The molecule has 11 nitrogen and oxygen atoms in total. The number of unbranched alkanes of at least 4 members (excludes halogenated alkanes) is 10. The number of phosphoric acid groups is 1. The number of rotatable bonds is 36. The van der Waals surface area contributed by atoms with Crippen molar-refractivity contribution in [3.8, 4) is 0 Å². The molecule has 4 N–H and O–H groups in total. The van der Waals surface area contributed by atoms with Crippen LogP contribution in [-0.4, -0.2) is 76.9 Å². The molecule has 0 aliphatic carbocycles. The van der Waals surface area contributed by atoms with Gasteiger partial charge in [0.2, 0.25) is 0 Å². The zero-order valence-corrected chi connectivity index (χ0v) is 33.9. The van der Waals surface area contributed by atoms with Gasteiger partial charge in [0.15, 0.2) is 6.10 Å². The standard InChI is InChI=1S/C42H71O11P/c1-3-5-7-9-11-12-13-14-15-16-21-25-29-33-42(47)53-40(37-52-54(48,49)51-35-39(45)34-43)36-50-41(46)32-28-24-20-18-17-19-23-27-31-38(44)30-26-22-10-8-6-4-2/h6,8,12-13,18-20,22-23,26-27,31,38-40,43-45H,3-5,7,9-11,14-17,21,24-25,28-30,32-37H2,1-2H3,(H,48,49)/b8-6-,13-12-,20-18-,23-19-,26-22-,31-27+/t38?,39-,40+/m0/s1. The number of carbonyl (C=O) groups excluding carboxylic acids is 2. The fourth-order valence-electron chi connectivity index (χ4n) is 4.81. The van der Waals surface area contributed by atoms with Gasteiger partial charge in [0, 0.05) is 12.8 Å². The lowest BCUT2D eigenvalue weighted by molar-refractivity contribution is -0.161. The van der Waals surface area contributed by atoms with Crippen LogP contribution >= 0.6 is 7.82 Å². The monoisotopic (exact) mass is 782 g/mol. The number of phosphoric ester groups is 1. The van der Waals surface area contributed by atoms with Crippen LogP contribution in [0.25, 0.3) is 0 Å². The summed E-state index contributed by atoms with van der Waals surface area (Å²) < 4.78 is 32.5. The number of aliphatic hydroxyl groups excluding tert-OH is 3. The third-order valence-corrected chi connectivity index (χ3v) is 8.88. The van der Waals surface area contributed by atoms with Crippen LogP contribution in [0.2, 0.25) is 0 Å². The average molecular weight is 783 g/mol. The van der Waals surface area contributed by atoms with E-state index in [0.29, 0.717) is 32.1 Å². The molecule has 0 fully saturated rings. The lowest BCUT2D eigenvalue weighted by Crippen LogP contribution is -2.29. The topological polar surface area (TPSA) is 169 Å². The van der Waals surface area contributed by atoms with Crippen LogP contribution in [0.1, 0.15) is 136 Å². The largest absolute Gasteiger partial charge is 0.472 e. The zero-order chi connectivity index (χ0) is 40.0. The summed E-state index contributed by atoms with van der Waals surface area (Å²) in [7, 11) is -4.65. The van der Waals surface area contributed by atoms with E-state index >= 15 is 0 Å². The molecule has 0 aliphatic heterocycles. The van der Waals surface area contributed by atoms with Gasteiger partial charge in [-0.3, -0.25) is 18.6 Å². The molecule has 0 amide bonds. The van der Waals surface area contributed by atoms with Crippen molar-refractivity contribution in [3.05, 3.63) is 72.9 Å². The van der Waals surface area contributed by atoms with Crippen LogP contribution in [0.15, 0.2) is 72.9 Å². The molecule has 0 heterocycles. The van der Waals surface area contributed by atoms with Crippen molar-refractivity contribution < 1.29 is 52.9 Å². The minimum absolute atomic E-state index is 0.126. The predicted octanol–water partition coefficient (Wildman–Crippen LogP) is 9.08. The fraction of sp³-hybridized carbons (Fsp3) is 0.667. The van der Waals surface area contributed by atoms with Gasteiger partial charge in [-0.25, -0.2) is 4.57 Å². The Morgan fingerprint density at radius 2 is 1.24 bits per heavy atom.